The highest BCUT2D eigenvalue weighted by Gasteiger charge is 2.30. The zero-order valence-corrected chi connectivity index (χ0v) is 34.0. The van der Waals surface area contributed by atoms with Crippen LogP contribution in [0.1, 0.15) is 0 Å². The van der Waals surface area contributed by atoms with Crippen molar-refractivity contribution in [3.05, 3.63) is 231 Å². The molecule has 2 heterocycles. The Morgan fingerprint density at radius 3 is 1.34 bits per heavy atom. The third-order valence-corrected chi connectivity index (χ3v) is 14.8. The normalized spacial score (nSPS) is 11.7. The fourth-order valence-corrected chi connectivity index (χ4v) is 11.6. The first-order valence-corrected chi connectivity index (χ1v) is 22.2. The molecule has 0 atom stereocenters. The molecule has 0 unspecified atom stereocenters. The van der Waals surface area contributed by atoms with Gasteiger partial charge in [-0.1, -0.05) is 206 Å². The summed E-state index contributed by atoms with van der Waals surface area (Å²) in [5.41, 5.74) is 10.4. The third-order valence-electron chi connectivity index (χ3n) is 11.7. The smallest absolute Gasteiger partial charge is 0.182 e. The maximum Gasteiger partial charge on any atom is 0.182 e. The summed E-state index contributed by atoms with van der Waals surface area (Å²) in [7, 11) is -3.20. The molecule has 0 amide bonds. The summed E-state index contributed by atoms with van der Waals surface area (Å²) in [5.74, 6) is 0.660. The van der Waals surface area contributed by atoms with Gasteiger partial charge in [-0.3, -0.25) is 0 Å². The molecular formula is C56H38N3OP. The largest absolute Gasteiger partial charge is 0.309 e. The predicted octanol–water partition coefficient (Wildman–Crippen LogP) is 13.0. The average molecular weight is 800 g/mol. The Labute approximate surface area is 354 Å². The number of pyridine rings is 1. The Hall–Kier alpha value is -7.65. The minimum absolute atomic E-state index is 0.660. The number of benzene rings is 9. The molecule has 0 fully saturated rings. The summed E-state index contributed by atoms with van der Waals surface area (Å²) in [6, 6.07) is 77.1. The molecule has 0 spiro atoms. The van der Waals surface area contributed by atoms with Crippen LogP contribution in [0.4, 0.5) is 0 Å². The molecule has 61 heavy (non-hydrogen) atoms. The van der Waals surface area contributed by atoms with Gasteiger partial charge in [-0.2, -0.15) is 0 Å². The highest BCUT2D eigenvalue weighted by atomic mass is 31.2. The lowest BCUT2D eigenvalue weighted by Gasteiger charge is -2.22. The summed E-state index contributed by atoms with van der Waals surface area (Å²) in [6.07, 6.45) is 2.07. The van der Waals surface area contributed by atoms with E-state index in [0.717, 1.165) is 93.2 Å². The quantitative estimate of drug-likeness (QED) is 0.114. The van der Waals surface area contributed by atoms with Crippen molar-refractivity contribution in [2.45, 2.75) is 0 Å². The molecule has 4 nitrogen and oxygen atoms in total. The van der Waals surface area contributed by atoms with Crippen molar-refractivity contribution >= 4 is 50.2 Å². The van der Waals surface area contributed by atoms with Gasteiger partial charge in [-0.15, -0.1) is 5.10 Å². The second-order valence-corrected chi connectivity index (χ2v) is 18.1. The molecule has 0 aliphatic rings. The zero-order valence-electron chi connectivity index (χ0n) is 33.1. The second-order valence-electron chi connectivity index (χ2n) is 15.3. The minimum atomic E-state index is -3.20. The molecule has 0 aliphatic heterocycles. The van der Waals surface area contributed by atoms with Gasteiger partial charge in [0.25, 0.3) is 0 Å². The summed E-state index contributed by atoms with van der Waals surface area (Å²) in [4.78, 5) is 5.21. The number of fused-ring (bicyclic) bond motifs is 3. The Bertz CT molecular complexity index is 3340. The van der Waals surface area contributed by atoms with E-state index in [9.17, 15) is 0 Å². The van der Waals surface area contributed by atoms with Crippen LogP contribution in [-0.4, -0.2) is 14.6 Å². The summed E-state index contributed by atoms with van der Waals surface area (Å²) >= 11 is 0. The van der Waals surface area contributed by atoms with Gasteiger partial charge in [0.15, 0.2) is 18.6 Å². The van der Waals surface area contributed by atoms with E-state index in [2.05, 4.69) is 152 Å². The fraction of sp³-hybridized carbons (Fsp3) is 0. The maximum atomic E-state index is 15.5. The molecule has 0 N–H and O–H groups in total. The standard InChI is InChI=1S/C56H38N3OP/c60-61(45-26-9-3-10-27-45,46-28-11-4-12-29-46)47-30-18-24-42(36-47)54-50-33-15-13-31-48(50)53(49-32-14-16-34-51(49)54)41-23-17-25-43(35-41)55-57-56-52(40-21-7-2-8-22-40)37-44(38-59(56)58-55)39-19-5-1-6-20-39/h1-38H. The third kappa shape index (κ3) is 6.37. The van der Waals surface area contributed by atoms with Crippen molar-refractivity contribution in [2.75, 3.05) is 0 Å². The van der Waals surface area contributed by atoms with Crippen molar-refractivity contribution in [2.24, 2.45) is 0 Å². The van der Waals surface area contributed by atoms with Crippen molar-refractivity contribution in [3.8, 4) is 55.9 Å². The van der Waals surface area contributed by atoms with E-state index >= 15 is 4.57 Å². The molecule has 2 aromatic heterocycles. The van der Waals surface area contributed by atoms with Crippen molar-refractivity contribution in [3.63, 3.8) is 0 Å². The Kier molecular flexibility index (Phi) is 9.07. The van der Waals surface area contributed by atoms with Crippen LogP contribution in [0, 0.1) is 0 Å². The molecule has 0 aliphatic carbocycles. The SMILES string of the molecule is O=P(c1ccccc1)(c1ccccc1)c1cccc(-c2c3ccccc3c(-c3cccc(-c4nc5c(-c6ccccc6)cc(-c6ccccc6)cn5n4)c3)c3ccccc23)c1. The number of hydrogen-bond acceptors (Lipinski definition) is 3. The van der Waals surface area contributed by atoms with Gasteiger partial charge in [-0.05, 0) is 73.1 Å². The van der Waals surface area contributed by atoms with Gasteiger partial charge in [0.05, 0.1) is 0 Å². The molecule has 0 saturated heterocycles. The van der Waals surface area contributed by atoms with Gasteiger partial charge in [-0.25, -0.2) is 9.50 Å². The van der Waals surface area contributed by atoms with E-state index in [1.54, 1.807) is 0 Å². The lowest BCUT2D eigenvalue weighted by molar-refractivity contribution is 0.592. The maximum absolute atomic E-state index is 15.5. The van der Waals surface area contributed by atoms with Crippen LogP contribution in [0.3, 0.4) is 0 Å². The summed E-state index contributed by atoms with van der Waals surface area (Å²) in [6.45, 7) is 0. The van der Waals surface area contributed by atoms with Crippen LogP contribution in [-0.2, 0) is 4.57 Å². The number of nitrogens with zero attached hydrogens (tertiary/aromatic N) is 3. The molecule has 0 saturated carbocycles. The first kappa shape index (κ1) is 36.4. The molecule has 9 aromatic carbocycles. The van der Waals surface area contributed by atoms with Gasteiger partial charge >= 0.3 is 0 Å². The molecular weight excluding hydrogens is 762 g/mol. The van der Waals surface area contributed by atoms with E-state index in [1.807, 2.05) is 83.4 Å². The van der Waals surface area contributed by atoms with E-state index < -0.39 is 7.14 Å². The van der Waals surface area contributed by atoms with Crippen LogP contribution in [0.15, 0.2) is 231 Å². The minimum Gasteiger partial charge on any atom is -0.309 e. The lowest BCUT2D eigenvalue weighted by atomic mass is 9.85. The summed E-state index contributed by atoms with van der Waals surface area (Å²) < 4.78 is 17.5. The van der Waals surface area contributed by atoms with E-state index in [-0.39, 0.29) is 0 Å². The molecule has 0 bridgehead atoms. The number of rotatable bonds is 8. The summed E-state index contributed by atoms with van der Waals surface area (Å²) in [5, 5.41) is 12.1. The lowest BCUT2D eigenvalue weighted by Crippen LogP contribution is -2.25. The molecule has 5 heteroatoms. The van der Waals surface area contributed by atoms with Crippen molar-refractivity contribution in [1.29, 1.82) is 0 Å². The topological polar surface area (TPSA) is 47.3 Å². The first-order chi connectivity index (χ1) is 30.1. The van der Waals surface area contributed by atoms with Gasteiger partial charge < -0.3 is 4.57 Å². The van der Waals surface area contributed by atoms with E-state index in [0.29, 0.717) is 5.82 Å². The fourth-order valence-electron chi connectivity index (χ4n) is 8.87. The number of hydrogen-bond donors (Lipinski definition) is 0. The van der Waals surface area contributed by atoms with Crippen LogP contribution in [0.5, 0.6) is 0 Å². The van der Waals surface area contributed by atoms with Gasteiger partial charge in [0.1, 0.15) is 0 Å². The first-order valence-electron chi connectivity index (χ1n) is 20.5. The monoisotopic (exact) mass is 799 g/mol. The molecule has 11 rings (SSSR count). The van der Waals surface area contributed by atoms with Crippen LogP contribution < -0.4 is 15.9 Å². The van der Waals surface area contributed by atoms with Crippen LogP contribution >= 0.6 is 7.14 Å². The Morgan fingerprint density at radius 1 is 0.361 bits per heavy atom. The second kappa shape index (κ2) is 15.2. The zero-order chi connectivity index (χ0) is 40.8. The van der Waals surface area contributed by atoms with Crippen LogP contribution in [0.25, 0.3) is 83.1 Å². The van der Waals surface area contributed by atoms with E-state index in [1.165, 1.54) is 0 Å². The van der Waals surface area contributed by atoms with Crippen LogP contribution in [0.2, 0.25) is 0 Å². The predicted molar refractivity (Wildman–Crippen MR) is 255 cm³/mol. The highest BCUT2D eigenvalue weighted by Crippen LogP contribution is 2.47. The van der Waals surface area contributed by atoms with Gasteiger partial charge in [0, 0.05) is 38.8 Å². The molecule has 0 radical (unpaired) electrons. The van der Waals surface area contributed by atoms with E-state index in [4.69, 9.17) is 10.1 Å². The van der Waals surface area contributed by atoms with Crippen molar-refractivity contribution < 1.29 is 4.57 Å². The Balaban J connectivity index is 1.08. The highest BCUT2D eigenvalue weighted by molar-refractivity contribution is 7.85. The molecule has 288 valence electrons. The average Bonchev–Trinajstić information content (AvgIpc) is 3.78. The molecule has 11 aromatic rings. The van der Waals surface area contributed by atoms with Gasteiger partial charge in [0.2, 0.25) is 0 Å². The number of aromatic nitrogens is 3. The Morgan fingerprint density at radius 2 is 0.787 bits per heavy atom. The van der Waals surface area contributed by atoms with Crippen molar-refractivity contribution in [1.82, 2.24) is 14.6 Å².